The van der Waals surface area contributed by atoms with Crippen molar-refractivity contribution in [3.63, 3.8) is 0 Å². The van der Waals surface area contributed by atoms with Crippen molar-refractivity contribution in [2.45, 2.75) is 6.04 Å². The number of hydrogen-bond donors (Lipinski definition) is 0. The summed E-state index contributed by atoms with van der Waals surface area (Å²) in [6.07, 6.45) is 3.70. The average Bonchev–Trinajstić information content (AvgIpc) is 2.34. The van der Waals surface area contributed by atoms with Gasteiger partial charge in [0.05, 0.1) is 16.7 Å². The van der Waals surface area contributed by atoms with Crippen LogP contribution in [0.5, 0.6) is 0 Å². The van der Waals surface area contributed by atoms with Gasteiger partial charge in [0, 0.05) is 12.7 Å². The van der Waals surface area contributed by atoms with Crippen molar-refractivity contribution in [2.75, 3.05) is 20.6 Å². The van der Waals surface area contributed by atoms with Gasteiger partial charge in [0.25, 0.3) is 0 Å². The van der Waals surface area contributed by atoms with Crippen LogP contribution in [0.15, 0.2) is 16.9 Å². The topological polar surface area (TPSA) is 21.1 Å². The molecule has 1 rings (SSSR count). The third kappa shape index (κ3) is 2.60. The van der Waals surface area contributed by atoms with Gasteiger partial charge in [-0.15, -0.1) is 0 Å². The molecule has 1 aromatic rings. The summed E-state index contributed by atoms with van der Waals surface area (Å²) >= 11 is 3.34. The maximum atomic E-state index is 4.15. The number of hydrogen-bond acceptors (Lipinski definition) is 2. The first-order valence-corrected chi connectivity index (χ1v) is 4.56. The van der Waals surface area contributed by atoms with Crippen molar-refractivity contribution in [1.82, 2.24) is 14.7 Å². The molecule has 1 heterocycles. The Bertz CT molecular complexity index is 244. The van der Waals surface area contributed by atoms with Crippen LogP contribution in [0.2, 0.25) is 0 Å². The number of nitrogens with zero attached hydrogens (tertiary/aromatic N) is 3. The molecule has 67 valence electrons. The van der Waals surface area contributed by atoms with Crippen LogP contribution in [-0.4, -0.2) is 35.3 Å². The lowest BCUT2D eigenvalue weighted by molar-refractivity contribution is 0.341. The fourth-order valence-electron chi connectivity index (χ4n) is 1.02. The van der Waals surface area contributed by atoms with Crippen LogP contribution in [-0.2, 0) is 0 Å². The van der Waals surface area contributed by atoms with Crippen molar-refractivity contribution in [3.05, 3.63) is 23.8 Å². The van der Waals surface area contributed by atoms with E-state index in [1.807, 2.05) is 25.0 Å². The highest BCUT2D eigenvalue weighted by atomic mass is 79.9. The minimum Gasteiger partial charge on any atom is -0.307 e. The smallest absolute Gasteiger partial charge is 0.0647 e. The standard InChI is InChI=1S/C8H13BrN3/c1-7(5-11(2)3)12-6-8(9)4-10-12/h4,6-7H,1,5H2,2-3H3. The first-order valence-electron chi connectivity index (χ1n) is 3.77. The van der Waals surface area contributed by atoms with E-state index in [9.17, 15) is 0 Å². The lowest BCUT2D eigenvalue weighted by Gasteiger charge is -2.16. The molecule has 0 fully saturated rings. The van der Waals surface area contributed by atoms with Crippen LogP contribution in [0.4, 0.5) is 0 Å². The molecule has 1 aromatic heterocycles. The minimum absolute atomic E-state index is 0.172. The van der Waals surface area contributed by atoms with E-state index in [4.69, 9.17) is 0 Å². The summed E-state index contributed by atoms with van der Waals surface area (Å²) in [7, 11) is 4.05. The van der Waals surface area contributed by atoms with Gasteiger partial charge < -0.3 is 4.90 Å². The van der Waals surface area contributed by atoms with Crippen LogP contribution in [0, 0.1) is 6.92 Å². The fourth-order valence-corrected chi connectivity index (χ4v) is 1.32. The molecule has 0 spiro atoms. The molecule has 0 aromatic carbocycles. The predicted octanol–water partition coefficient (Wildman–Crippen LogP) is 1.58. The van der Waals surface area contributed by atoms with E-state index in [0.717, 1.165) is 11.0 Å². The molecule has 0 amide bonds. The van der Waals surface area contributed by atoms with E-state index in [1.54, 1.807) is 6.20 Å². The first kappa shape index (κ1) is 9.74. The Balaban J connectivity index is 2.58. The second-order valence-electron chi connectivity index (χ2n) is 3.05. The van der Waals surface area contributed by atoms with Gasteiger partial charge in [-0.25, -0.2) is 0 Å². The maximum Gasteiger partial charge on any atom is 0.0647 e. The largest absolute Gasteiger partial charge is 0.307 e. The zero-order valence-electron chi connectivity index (χ0n) is 7.37. The third-order valence-electron chi connectivity index (χ3n) is 1.52. The van der Waals surface area contributed by atoms with Gasteiger partial charge in [0.15, 0.2) is 0 Å². The highest BCUT2D eigenvalue weighted by Gasteiger charge is 2.06. The van der Waals surface area contributed by atoms with E-state index >= 15 is 0 Å². The second kappa shape index (κ2) is 4.05. The normalized spacial score (nSPS) is 13.8. The molecule has 0 aliphatic heterocycles. The molecule has 0 saturated carbocycles. The van der Waals surface area contributed by atoms with Gasteiger partial charge in [-0.2, -0.15) is 5.10 Å². The van der Waals surface area contributed by atoms with Gasteiger partial charge in [-0.05, 0) is 36.9 Å². The summed E-state index contributed by atoms with van der Waals surface area (Å²) in [6, 6.07) is 0.172. The molecule has 3 nitrogen and oxygen atoms in total. The quantitative estimate of drug-likeness (QED) is 0.787. The number of aromatic nitrogens is 2. The van der Waals surface area contributed by atoms with Crippen molar-refractivity contribution >= 4 is 15.9 Å². The van der Waals surface area contributed by atoms with E-state index in [1.165, 1.54) is 0 Å². The Hall–Kier alpha value is -0.350. The predicted molar refractivity (Wildman–Crippen MR) is 52.9 cm³/mol. The van der Waals surface area contributed by atoms with Gasteiger partial charge in [0.2, 0.25) is 0 Å². The lowest BCUT2D eigenvalue weighted by Crippen LogP contribution is -2.22. The summed E-state index contributed by atoms with van der Waals surface area (Å²) in [5.74, 6) is 0. The van der Waals surface area contributed by atoms with E-state index in [-0.39, 0.29) is 6.04 Å². The van der Waals surface area contributed by atoms with Gasteiger partial charge >= 0.3 is 0 Å². The van der Waals surface area contributed by atoms with Gasteiger partial charge in [0.1, 0.15) is 0 Å². The summed E-state index contributed by atoms with van der Waals surface area (Å²) in [4.78, 5) is 2.09. The molecule has 0 bridgehead atoms. The van der Waals surface area contributed by atoms with Crippen molar-refractivity contribution in [2.24, 2.45) is 0 Å². The van der Waals surface area contributed by atoms with Crippen LogP contribution in [0.3, 0.4) is 0 Å². The molecule has 12 heavy (non-hydrogen) atoms. The molecular weight excluding hydrogens is 218 g/mol. The van der Waals surface area contributed by atoms with Crippen molar-refractivity contribution < 1.29 is 0 Å². The lowest BCUT2D eigenvalue weighted by atomic mass is 10.3. The van der Waals surface area contributed by atoms with Crippen LogP contribution in [0.1, 0.15) is 6.04 Å². The average molecular weight is 231 g/mol. The highest BCUT2D eigenvalue weighted by molar-refractivity contribution is 9.10. The molecule has 0 aliphatic rings. The minimum atomic E-state index is 0.172. The SMILES string of the molecule is [CH2]C(CN(C)C)n1cc(Br)cn1. The Morgan fingerprint density at radius 2 is 2.42 bits per heavy atom. The zero-order chi connectivity index (χ0) is 9.14. The maximum absolute atomic E-state index is 4.15. The second-order valence-corrected chi connectivity index (χ2v) is 3.97. The molecule has 0 saturated heterocycles. The number of halogens is 1. The van der Waals surface area contributed by atoms with Gasteiger partial charge in [-0.1, -0.05) is 0 Å². The molecule has 0 N–H and O–H groups in total. The molecule has 1 radical (unpaired) electrons. The summed E-state index contributed by atoms with van der Waals surface area (Å²) < 4.78 is 2.85. The molecule has 1 unspecified atom stereocenters. The van der Waals surface area contributed by atoms with Crippen LogP contribution in [0.25, 0.3) is 0 Å². The Kier molecular flexibility index (Phi) is 3.29. The molecular formula is C8H13BrN3. The van der Waals surface area contributed by atoms with E-state index < -0.39 is 0 Å². The van der Waals surface area contributed by atoms with Crippen LogP contribution < -0.4 is 0 Å². The Morgan fingerprint density at radius 1 is 1.75 bits per heavy atom. The summed E-state index contributed by atoms with van der Waals surface area (Å²) in [5, 5.41) is 4.15. The van der Waals surface area contributed by atoms with Crippen molar-refractivity contribution in [3.8, 4) is 0 Å². The highest BCUT2D eigenvalue weighted by Crippen LogP contribution is 2.11. The Labute approximate surface area is 81.5 Å². The third-order valence-corrected chi connectivity index (χ3v) is 1.93. The fraction of sp³-hybridized carbons (Fsp3) is 0.500. The van der Waals surface area contributed by atoms with Crippen molar-refractivity contribution in [1.29, 1.82) is 0 Å². The van der Waals surface area contributed by atoms with Gasteiger partial charge in [-0.3, -0.25) is 4.68 Å². The molecule has 1 atom stereocenters. The zero-order valence-corrected chi connectivity index (χ0v) is 8.95. The summed E-state index contributed by atoms with van der Waals surface area (Å²) in [5.41, 5.74) is 0. The number of rotatable bonds is 3. The summed E-state index contributed by atoms with van der Waals surface area (Å²) in [6.45, 7) is 4.90. The van der Waals surface area contributed by atoms with Crippen LogP contribution >= 0.6 is 15.9 Å². The first-order chi connectivity index (χ1) is 5.59. The molecule has 0 aliphatic carbocycles. The monoisotopic (exact) mass is 230 g/mol. The Morgan fingerprint density at radius 3 is 2.83 bits per heavy atom. The molecule has 4 heteroatoms. The van der Waals surface area contributed by atoms with E-state index in [2.05, 4.69) is 32.9 Å². The number of likely N-dealkylation sites (N-methyl/N-ethyl adjacent to an activating group) is 1. The van der Waals surface area contributed by atoms with E-state index in [0.29, 0.717) is 0 Å².